The van der Waals surface area contributed by atoms with Crippen LogP contribution >= 0.6 is 23.1 Å². The van der Waals surface area contributed by atoms with Crippen molar-refractivity contribution in [2.24, 2.45) is 7.05 Å². The van der Waals surface area contributed by atoms with E-state index < -0.39 is 0 Å². The zero-order chi connectivity index (χ0) is 12.3. The summed E-state index contributed by atoms with van der Waals surface area (Å²) in [4.78, 5) is 22.7. The van der Waals surface area contributed by atoms with E-state index in [2.05, 4.69) is 0 Å². The largest absolute Gasteiger partial charge is 0.308 e. The first-order valence-corrected chi connectivity index (χ1v) is 6.84. The molecule has 1 aromatic heterocycles. The lowest BCUT2D eigenvalue weighted by molar-refractivity contribution is 0.112. The zero-order valence-corrected chi connectivity index (χ0v) is 10.9. The van der Waals surface area contributed by atoms with Crippen LogP contribution in [0, 0.1) is 0 Å². The van der Waals surface area contributed by atoms with Crippen molar-refractivity contribution in [1.29, 1.82) is 0 Å². The fraction of sp³-hybridized carbons (Fsp3) is 0.167. The van der Waals surface area contributed by atoms with E-state index in [0.29, 0.717) is 4.88 Å². The van der Waals surface area contributed by atoms with Gasteiger partial charge in [0.1, 0.15) is 4.88 Å². The smallest absolute Gasteiger partial charge is 0.297 e. The molecule has 0 aliphatic carbocycles. The molecule has 0 amide bonds. The van der Waals surface area contributed by atoms with Crippen molar-refractivity contribution >= 4 is 29.4 Å². The van der Waals surface area contributed by atoms with Gasteiger partial charge in [0, 0.05) is 12.8 Å². The summed E-state index contributed by atoms with van der Waals surface area (Å²) in [5, 5.41) is 0.749. The van der Waals surface area contributed by atoms with E-state index in [-0.39, 0.29) is 4.87 Å². The van der Waals surface area contributed by atoms with Crippen molar-refractivity contribution in [3.8, 4) is 0 Å². The van der Waals surface area contributed by atoms with Crippen molar-refractivity contribution in [2.75, 3.05) is 0 Å². The molecule has 0 saturated carbocycles. The topological polar surface area (TPSA) is 39.1 Å². The van der Waals surface area contributed by atoms with Crippen LogP contribution in [0.3, 0.4) is 0 Å². The molecule has 1 aromatic carbocycles. The number of hydrogen-bond acceptors (Lipinski definition) is 4. The molecule has 0 unspecified atom stereocenters. The molecule has 0 saturated heterocycles. The second-order valence-corrected chi connectivity index (χ2v) is 5.45. The SMILES string of the molecule is Cn1c(SCc2ccccc2)c(C=O)sc1=O. The third-order valence-corrected chi connectivity index (χ3v) is 4.64. The van der Waals surface area contributed by atoms with Crippen molar-refractivity contribution < 1.29 is 4.79 Å². The number of hydrogen-bond donors (Lipinski definition) is 0. The molecule has 0 aliphatic rings. The first-order chi connectivity index (χ1) is 8.22. The van der Waals surface area contributed by atoms with Crippen LogP contribution in [-0.4, -0.2) is 10.9 Å². The lowest BCUT2D eigenvalue weighted by Crippen LogP contribution is -2.08. The maximum absolute atomic E-state index is 11.4. The van der Waals surface area contributed by atoms with Gasteiger partial charge in [-0.1, -0.05) is 41.7 Å². The Kier molecular flexibility index (Phi) is 3.81. The maximum atomic E-state index is 11.4. The van der Waals surface area contributed by atoms with Crippen LogP contribution in [0.15, 0.2) is 40.2 Å². The molecule has 0 radical (unpaired) electrons. The lowest BCUT2D eigenvalue weighted by atomic mass is 10.2. The fourth-order valence-corrected chi connectivity index (χ4v) is 3.43. The Hall–Kier alpha value is -1.33. The van der Waals surface area contributed by atoms with Gasteiger partial charge < -0.3 is 0 Å². The third kappa shape index (κ3) is 2.68. The highest BCUT2D eigenvalue weighted by molar-refractivity contribution is 7.98. The van der Waals surface area contributed by atoms with Crippen LogP contribution in [0.4, 0.5) is 0 Å². The summed E-state index contributed by atoms with van der Waals surface area (Å²) in [5.41, 5.74) is 1.17. The molecule has 88 valence electrons. The molecule has 5 heteroatoms. The monoisotopic (exact) mass is 265 g/mol. The minimum absolute atomic E-state index is 0.0948. The number of aromatic nitrogens is 1. The number of carbonyl (C=O) groups excluding carboxylic acids is 1. The maximum Gasteiger partial charge on any atom is 0.308 e. The predicted octanol–water partition coefficient (Wildman–Crippen LogP) is 2.55. The predicted molar refractivity (Wildman–Crippen MR) is 71.0 cm³/mol. The molecular formula is C12H11NO2S2. The first-order valence-electron chi connectivity index (χ1n) is 5.04. The second kappa shape index (κ2) is 5.33. The normalized spacial score (nSPS) is 10.4. The van der Waals surface area contributed by atoms with Gasteiger partial charge in [0.05, 0.1) is 5.03 Å². The summed E-state index contributed by atoms with van der Waals surface area (Å²) in [6.45, 7) is 0. The van der Waals surface area contributed by atoms with E-state index in [4.69, 9.17) is 0 Å². The van der Waals surface area contributed by atoms with Crippen LogP contribution in [0.25, 0.3) is 0 Å². The van der Waals surface area contributed by atoms with Gasteiger partial charge >= 0.3 is 4.87 Å². The molecule has 0 atom stereocenters. The standard InChI is InChI=1S/C12H11NO2S2/c1-13-11(10(7-14)17-12(13)15)16-8-9-5-3-2-4-6-9/h2-7H,8H2,1H3. The highest BCUT2D eigenvalue weighted by Crippen LogP contribution is 2.26. The number of nitrogens with zero attached hydrogens (tertiary/aromatic N) is 1. The number of carbonyl (C=O) groups is 1. The number of aldehydes is 1. The Morgan fingerprint density at radius 1 is 1.35 bits per heavy atom. The van der Waals surface area contributed by atoms with Crippen molar-refractivity contribution in [3.05, 3.63) is 50.4 Å². The van der Waals surface area contributed by atoms with Crippen LogP contribution in [0.5, 0.6) is 0 Å². The lowest BCUT2D eigenvalue weighted by Gasteiger charge is -2.03. The molecule has 0 bridgehead atoms. The van der Waals surface area contributed by atoms with Gasteiger partial charge in [-0.15, -0.1) is 11.8 Å². The van der Waals surface area contributed by atoms with Crippen LogP contribution in [0.1, 0.15) is 15.2 Å². The summed E-state index contributed by atoms with van der Waals surface area (Å²) in [5.74, 6) is 0.756. The number of benzene rings is 1. The van der Waals surface area contributed by atoms with E-state index >= 15 is 0 Å². The van der Waals surface area contributed by atoms with Gasteiger partial charge in [0.2, 0.25) is 0 Å². The summed E-state index contributed by atoms with van der Waals surface area (Å²) in [7, 11) is 1.69. The van der Waals surface area contributed by atoms with Gasteiger partial charge in [-0.2, -0.15) is 0 Å². The summed E-state index contributed by atoms with van der Waals surface area (Å²) >= 11 is 2.51. The number of rotatable bonds is 4. The number of thiazole rings is 1. The first kappa shape index (κ1) is 12.1. The highest BCUT2D eigenvalue weighted by Gasteiger charge is 2.11. The minimum atomic E-state index is -0.0948. The molecule has 0 aliphatic heterocycles. The highest BCUT2D eigenvalue weighted by atomic mass is 32.2. The van der Waals surface area contributed by atoms with Crippen molar-refractivity contribution in [2.45, 2.75) is 10.8 Å². The molecule has 2 rings (SSSR count). The molecule has 0 spiro atoms. The molecule has 1 heterocycles. The Labute approximate surface area is 107 Å². The van der Waals surface area contributed by atoms with Crippen molar-refractivity contribution in [1.82, 2.24) is 4.57 Å². The van der Waals surface area contributed by atoms with Gasteiger partial charge in [-0.25, -0.2) is 0 Å². The summed E-state index contributed by atoms with van der Waals surface area (Å²) < 4.78 is 1.53. The Balaban J connectivity index is 2.19. The summed E-state index contributed by atoms with van der Waals surface area (Å²) in [6.07, 6.45) is 0.749. The Morgan fingerprint density at radius 3 is 2.71 bits per heavy atom. The zero-order valence-electron chi connectivity index (χ0n) is 9.25. The molecule has 0 fully saturated rings. The van der Waals surface area contributed by atoms with Crippen molar-refractivity contribution in [3.63, 3.8) is 0 Å². The Bertz CT molecular complexity index is 572. The van der Waals surface area contributed by atoms with Gasteiger partial charge in [0.15, 0.2) is 6.29 Å². The number of thioether (sulfide) groups is 1. The van der Waals surface area contributed by atoms with Crippen LogP contribution in [-0.2, 0) is 12.8 Å². The van der Waals surface area contributed by atoms with E-state index in [1.165, 1.54) is 21.9 Å². The minimum Gasteiger partial charge on any atom is -0.297 e. The van der Waals surface area contributed by atoms with Gasteiger partial charge in [0.25, 0.3) is 0 Å². The fourth-order valence-electron chi connectivity index (χ4n) is 1.42. The van der Waals surface area contributed by atoms with Gasteiger partial charge in [-0.05, 0) is 5.56 Å². The van der Waals surface area contributed by atoms with E-state index in [1.54, 1.807) is 7.05 Å². The van der Waals surface area contributed by atoms with E-state index in [9.17, 15) is 9.59 Å². The average molecular weight is 265 g/mol. The molecule has 3 nitrogen and oxygen atoms in total. The molecule has 2 aromatic rings. The van der Waals surface area contributed by atoms with Gasteiger partial charge in [-0.3, -0.25) is 14.2 Å². The molecule has 0 N–H and O–H groups in total. The average Bonchev–Trinajstić information content (AvgIpc) is 2.64. The Morgan fingerprint density at radius 2 is 2.06 bits per heavy atom. The van der Waals surface area contributed by atoms with Crippen LogP contribution in [0.2, 0.25) is 0 Å². The van der Waals surface area contributed by atoms with E-state index in [0.717, 1.165) is 28.4 Å². The summed E-state index contributed by atoms with van der Waals surface area (Å²) in [6, 6.07) is 9.97. The third-order valence-electron chi connectivity index (χ3n) is 2.31. The van der Waals surface area contributed by atoms with E-state index in [1.807, 2.05) is 30.3 Å². The second-order valence-electron chi connectivity index (χ2n) is 3.49. The quantitative estimate of drug-likeness (QED) is 0.630. The molecular weight excluding hydrogens is 254 g/mol. The van der Waals surface area contributed by atoms with Crippen LogP contribution < -0.4 is 4.87 Å². The molecule has 17 heavy (non-hydrogen) atoms.